The molecule has 0 heterocycles. The van der Waals surface area contributed by atoms with Gasteiger partial charge in [0, 0.05) is 5.69 Å². The predicted octanol–water partition coefficient (Wildman–Crippen LogP) is 4.95. The minimum atomic E-state index is -1.03. The molecule has 0 atom stereocenters. The van der Waals surface area contributed by atoms with Gasteiger partial charge in [-0.1, -0.05) is 29.8 Å². The van der Waals surface area contributed by atoms with Crippen LogP contribution in [0.3, 0.4) is 0 Å². The summed E-state index contributed by atoms with van der Waals surface area (Å²) in [6.45, 7) is 4.33. The van der Waals surface area contributed by atoms with Gasteiger partial charge in [-0.25, -0.2) is 10.2 Å². The average Bonchev–Trinajstić information content (AvgIpc) is 2.99. The predicted molar refractivity (Wildman–Crippen MR) is 159 cm³/mol. The summed E-state index contributed by atoms with van der Waals surface area (Å²) in [7, 11) is 0. The monoisotopic (exact) mass is 564 g/mol. The Hall–Kier alpha value is -5.77. The molecule has 10 heteroatoms. The van der Waals surface area contributed by atoms with Gasteiger partial charge in [-0.3, -0.25) is 14.4 Å². The highest BCUT2D eigenvalue weighted by atomic mass is 16.5. The number of rotatable bonds is 9. The third-order valence-corrected chi connectivity index (χ3v) is 5.81. The first kappa shape index (κ1) is 29.2. The number of ether oxygens (including phenoxy) is 2. The lowest BCUT2D eigenvalue weighted by atomic mass is 10.1. The van der Waals surface area contributed by atoms with Gasteiger partial charge in [0.15, 0.2) is 0 Å². The Bertz CT molecular complexity index is 1600. The van der Waals surface area contributed by atoms with Crippen molar-refractivity contribution in [2.45, 2.75) is 13.8 Å². The lowest BCUT2D eigenvalue weighted by molar-refractivity contribution is -0.136. The normalized spacial score (nSPS) is 10.5. The number of amides is 3. The molecule has 0 aliphatic rings. The highest BCUT2D eigenvalue weighted by molar-refractivity contribution is 6.40. The van der Waals surface area contributed by atoms with E-state index in [0.29, 0.717) is 34.9 Å². The highest BCUT2D eigenvalue weighted by Crippen LogP contribution is 2.20. The summed E-state index contributed by atoms with van der Waals surface area (Å²) in [6, 6.07) is 26.6. The summed E-state index contributed by atoms with van der Waals surface area (Å²) in [6.07, 6.45) is 1.33. The van der Waals surface area contributed by atoms with Crippen molar-refractivity contribution in [3.8, 4) is 11.5 Å². The fourth-order valence-corrected chi connectivity index (χ4v) is 3.66. The molecule has 0 bridgehead atoms. The molecule has 4 aromatic carbocycles. The number of nitrogens with one attached hydrogen (secondary N) is 3. The van der Waals surface area contributed by atoms with E-state index in [2.05, 4.69) is 21.2 Å². The van der Waals surface area contributed by atoms with Gasteiger partial charge in [-0.15, -0.1) is 0 Å². The maximum absolute atomic E-state index is 12.8. The molecule has 0 unspecified atom stereocenters. The molecular weight excluding hydrogens is 536 g/mol. The van der Waals surface area contributed by atoms with E-state index < -0.39 is 23.7 Å². The first-order chi connectivity index (χ1) is 20.3. The minimum absolute atomic E-state index is 0.154. The summed E-state index contributed by atoms with van der Waals surface area (Å²) in [5.74, 6) is -1.98. The topological polar surface area (TPSA) is 135 Å². The van der Waals surface area contributed by atoms with Crippen molar-refractivity contribution in [1.82, 2.24) is 5.43 Å². The summed E-state index contributed by atoms with van der Waals surface area (Å²) < 4.78 is 10.8. The summed E-state index contributed by atoms with van der Waals surface area (Å²) in [4.78, 5) is 49.9. The summed E-state index contributed by atoms with van der Waals surface area (Å²) in [5.41, 5.74) is 5.06. The molecule has 4 aromatic rings. The lowest BCUT2D eigenvalue weighted by Crippen LogP contribution is -2.33. The molecule has 0 fully saturated rings. The average molecular weight is 565 g/mol. The second kappa shape index (κ2) is 14.0. The number of hydrogen-bond acceptors (Lipinski definition) is 7. The molecule has 10 nitrogen and oxygen atoms in total. The summed E-state index contributed by atoms with van der Waals surface area (Å²) >= 11 is 0. The zero-order chi connectivity index (χ0) is 29.9. The molecule has 0 spiro atoms. The Morgan fingerprint density at radius 3 is 2.12 bits per heavy atom. The number of benzene rings is 4. The van der Waals surface area contributed by atoms with Crippen molar-refractivity contribution < 1.29 is 28.7 Å². The Labute approximate surface area is 242 Å². The third-order valence-electron chi connectivity index (χ3n) is 5.81. The molecule has 0 saturated carbocycles. The minimum Gasteiger partial charge on any atom is -0.494 e. The molecule has 42 heavy (non-hydrogen) atoms. The van der Waals surface area contributed by atoms with E-state index in [4.69, 9.17) is 9.47 Å². The zero-order valence-electron chi connectivity index (χ0n) is 22.9. The van der Waals surface area contributed by atoms with Gasteiger partial charge < -0.3 is 20.1 Å². The standard InChI is InChI=1S/C32H28N4O6/c1-3-41-25-18-14-24(15-19-25)34-29(37)27-6-4-5-7-28(27)35-30(38)31(39)36-33-20-22-10-16-26(17-11-22)42-32(40)23-12-8-21(2)9-13-23/h4-20H,3H2,1-2H3,(H,34,37)(H,35,38)(H,36,39)/b33-20-. The van der Waals surface area contributed by atoms with Gasteiger partial charge in [-0.2, -0.15) is 5.10 Å². The van der Waals surface area contributed by atoms with Gasteiger partial charge >= 0.3 is 17.8 Å². The fraction of sp³-hybridized carbons (Fsp3) is 0.0938. The molecule has 212 valence electrons. The molecule has 4 rings (SSSR count). The van der Waals surface area contributed by atoms with Gasteiger partial charge in [0.25, 0.3) is 5.91 Å². The van der Waals surface area contributed by atoms with Crippen molar-refractivity contribution in [2.24, 2.45) is 5.10 Å². The van der Waals surface area contributed by atoms with E-state index in [1.807, 2.05) is 26.0 Å². The van der Waals surface area contributed by atoms with Crippen LogP contribution in [0.1, 0.15) is 38.8 Å². The van der Waals surface area contributed by atoms with E-state index in [1.54, 1.807) is 72.8 Å². The van der Waals surface area contributed by atoms with Gasteiger partial charge in [0.05, 0.1) is 29.6 Å². The van der Waals surface area contributed by atoms with Crippen LogP contribution in [0.2, 0.25) is 0 Å². The Balaban J connectivity index is 1.29. The van der Waals surface area contributed by atoms with Crippen molar-refractivity contribution in [3.05, 3.63) is 119 Å². The molecule has 0 radical (unpaired) electrons. The first-order valence-electron chi connectivity index (χ1n) is 13.0. The third kappa shape index (κ3) is 8.12. The molecule has 0 aliphatic carbocycles. The highest BCUT2D eigenvalue weighted by Gasteiger charge is 2.18. The SMILES string of the molecule is CCOc1ccc(NC(=O)c2ccccc2NC(=O)C(=O)N/N=C\c2ccc(OC(=O)c3ccc(C)cc3)cc2)cc1. The molecular formula is C32H28N4O6. The number of esters is 1. The number of anilines is 2. The van der Waals surface area contributed by atoms with Crippen LogP contribution in [0, 0.1) is 6.92 Å². The second-order valence-electron chi connectivity index (χ2n) is 8.93. The van der Waals surface area contributed by atoms with Crippen LogP contribution in [-0.2, 0) is 9.59 Å². The Kier molecular flexibility index (Phi) is 9.76. The van der Waals surface area contributed by atoms with E-state index in [9.17, 15) is 19.2 Å². The number of hydrazone groups is 1. The van der Waals surface area contributed by atoms with Crippen molar-refractivity contribution in [3.63, 3.8) is 0 Å². The molecule has 3 N–H and O–H groups in total. The van der Waals surface area contributed by atoms with Crippen molar-refractivity contribution in [2.75, 3.05) is 17.2 Å². The van der Waals surface area contributed by atoms with E-state index in [-0.39, 0.29) is 11.3 Å². The van der Waals surface area contributed by atoms with Crippen LogP contribution >= 0.6 is 0 Å². The lowest BCUT2D eigenvalue weighted by Gasteiger charge is -2.11. The number of para-hydroxylation sites is 1. The number of hydrogen-bond donors (Lipinski definition) is 3. The van der Waals surface area contributed by atoms with E-state index in [0.717, 1.165) is 5.56 Å². The van der Waals surface area contributed by atoms with E-state index in [1.165, 1.54) is 18.3 Å². The molecule has 0 aromatic heterocycles. The van der Waals surface area contributed by atoms with Crippen LogP contribution in [0.25, 0.3) is 0 Å². The largest absolute Gasteiger partial charge is 0.494 e. The molecule has 3 amide bonds. The Morgan fingerprint density at radius 2 is 1.43 bits per heavy atom. The van der Waals surface area contributed by atoms with Gasteiger partial charge in [0.1, 0.15) is 11.5 Å². The fourth-order valence-electron chi connectivity index (χ4n) is 3.66. The van der Waals surface area contributed by atoms with Gasteiger partial charge in [-0.05, 0) is 92.2 Å². The van der Waals surface area contributed by atoms with Crippen molar-refractivity contribution >= 4 is 41.3 Å². The van der Waals surface area contributed by atoms with Crippen LogP contribution in [0.15, 0.2) is 102 Å². The maximum atomic E-state index is 12.8. The maximum Gasteiger partial charge on any atom is 0.343 e. The smallest absolute Gasteiger partial charge is 0.343 e. The number of aryl methyl sites for hydroxylation is 1. The van der Waals surface area contributed by atoms with E-state index >= 15 is 0 Å². The zero-order valence-corrected chi connectivity index (χ0v) is 22.9. The van der Waals surface area contributed by atoms with Crippen LogP contribution in [0.4, 0.5) is 11.4 Å². The van der Waals surface area contributed by atoms with Crippen LogP contribution < -0.4 is 25.5 Å². The number of carbonyl (C=O) groups excluding carboxylic acids is 4. The number of carbonyl (C=O) groups is 4. The summed E-state index contributed by atoms with van der Waals surface area (Å²) in [5, 5.41) is 8.99. The van der Waals surface area contributed by atoms with Crippen LogP contribution in [-0.4, -0.2) is 36.5 Å². The Morgan fingerprint density at radius 1 is 0.762 bits per heavy atom. The quantitative estimate of drug-likeness (QED) is 0.0865. The second-order valence-corrected chi connectivity index (χ2v) is 8.93. The first-order valence-corrected chi connectivity index (χ1v) is 13.0. The molecule has 0 saturated heterocycles. The van der Waals surface area contributed by atoms with Crippen LogP contribution in [0.5, 0.6) is 11.5 Å². The van der Waals surface area contributed by atoms with Crippen molar-refractivity contribution in [1.29, 1.82) is 0 Å². The van der Waals surface area contributed by atoms with Gasteiger partial charge in [0.2, 0.25) is 0 Å². The number of nitrogens with zero attached hydrogens (tertiary/aromatic N) is 1. The molecule has 0 aliphatic heterocycles.